The molecule has 87 valence electrons. The number of rotatable bonds is 9. The summed E-state index contributed by atoms with van der Waals surface area (Å²) in [7, 11) is 1.06. The molecule has 0 amide bonds. The van der Waals surface area contributed by atoms with Gasteiger partial charge < -0.3 is 21.0 Å². The van der Waals surface area contributed by atoms with Crippen molar-refractivity contribution in [2.45, 2.75) is 44.0 Å². The molecule has 0 spiro atoms. The molecule has 0 saturated carbocycles. The Bertz CT molecular complexity index is 191. The molecule has 15 heavy (non-hydrogen) atoms. The van der Waals surface area contributed by atoms with Gasteiger partial charge in [0.1, 0.15) is 5.54 Å². The maximum atomic E-state index is 10.9. The molecule has 0 aromatic rings. The van der Waals surface area contributed by atoms with E-state index in [0.717, 1.165) is 13.9 Å². The lowest BCUT2D eigenvalue weighted by Gasteiger charge is -2.24. The SMILES string of the molecule is NC(CCCO)(CCCC[B]O)C(=O)O. The fourth-order valence-corrected chi connectivity index (χ4v) is 1.41. The predicted molar refractivity (Wildman–Crippen MR) is 57.5 cm³/mol. The first-order valence-electron chi connectivity index (χ1n) is 5.16. The van der Waals surface area contributed by atoms with E-state index >= 15 is 0 Å². The van der Waals surface area contributed by atoms with Crippen molar-refractivity contribution in [1.29, 1.82) is 0 Å². The van der Waals surface area contributed by atoms with E-state index < -0.39 is 11.5 Å². The molecular formula is C9H19BNO4. The maximum absolute atomic E-state index is 10.9. The summed E-state index contributed by atoms with van der Waals surface area (Å²) in [6, 6.07) is 0. The lowest BCUT2D eigenvalue weighted by Crippen LogP contribution is -2.48. The van der Waals surface area contributed by atoms with Crippen molar-refractivity contribution in [1.82, 2.24) is 0 Å². The maximum Gasteiger partial charge on any atom is 0.323 e. The van der Waals surface area contributed by atoms with E-state index in [9.17, 15) is 4.79 Å². The van der Waals surface area contributed by atoms with Crippen LogP contribution in [0.15, 0.2) is 0 Å². The van der Waals surface area contributed by atoms with E-state index in [1.807, 2.05) is 0 Å². The molecule has 0 heterocycles. The smallest absolute Gasteiger partial charge is 0.323 e. The Morgan fingerprint density at radius 2 is 1.87 bits per heavy atom. The molecule has 1 atom stereocenters. The van der Waals surface area contributed by atoms with Crippen LogP contribution in [-0.2, 0) is 4.79 Å². The largest absolute Gasteiger partial charge is 0.480 e. The van der Waals surface area contributed by atoms with Crippen LogP contribution in [0.1, 0.15) is 32.1 Å². The topological polar surface area (TPSA) is 104 Å². The minimum atomic E-state index is -1.24. The molecule has 0 saturated heterocycles. The fraction of sp³-hybridized carbons (Fsp3) is 0.889. The Hall–Kier alpha value is -0.585. The predicted octanol–water partition coefficient (Wildman–Crippen LogP) is -0.259. The quantitative estimate of drug-likeness (QED) is 0.314. The Balaban J connectivity index is 3.96. The van der Waals surface area contributed by atoms with Crippen LogP contribution >= 0.6 is 0 Å². The first-order valence-corrected chi connectivity index (χ1v) is 5.16. The normalized spacial score (nSPS) is 14.6. The standard InChI is InChI=1S/C9H19BNO4/c11-9(8(13)14,5-3-7-12)4-1-2-6-10-15/h12,15H,1-7,11H2,(H,13,14). The highest BCUT2D eigenvalue weighted by atomic mass is 16.4. The van der Waals surface area contributed by atoms with Gasteiger partial charge in [-0.05, 0) is 19.3 Å². The molecule has 5 nitrogen and oxygen atoms in total. The van der Waals surface area contributed by atoms with E-state index in [1.165, 1.54) is 0 Å². The van der Waals surface area contributed by atoms with Gasteiger partial charge in [0.25, 0.3) is 7.48 Å². The summed E-state index contributed by atoms with van der Waals surface area (Å²) in [6.45, 7) is -0.0450. The summed E-state index contributed by atoms with van der Waals surface area (Å²) in [5, 5.41) is 26.0. The van der Waals surface area contributed by atoms with Crippen LogP contribution in [0.25, 0.3) is 0 Å². The van der Waals surface area contributed by atoms with E-state index in [-0.39, 0.29) is 13.0 Å². The number of carboxylic acid groups (broad SMARTS) is 1. The highest BCUT2D eigenvalue weighted by molar-refractivity contribution is 6.25. The molecule has 1 unspecified atom stereocenters. The summed E-state index contributed by atoms with van der Waals surface area (Å²) in [4.78, 5) is 10.9. The van der Waals surface area contributed by atoms with Crippen molar-refractivity contribution in [3.8, 4) is 0 Å². The molecule has 0 aliphatic heterocycles. The van der Waals surface area contributed by atoms with Crippen molar-refractivity contribution < 1.29 is 20.0 Å². The third kappa shape index (κ3) is 5.76. The molecule has 0 aliphatic carbocycles. The van der Waals surface area contributed by atoms with Gasteiger partial charge in [-0.3, -0.25) is 4.79 Å². The van der Waals surface area contributed by atoms with E-state index in [0.29, 0.717) is 25.6 Å². The lowest BCUT2D eigenvalue weighted by molar-refractivity contribution is -0.144. The van der Waals surface area contributed by atoms with Crippen molar-refractivity contribution in [2.75, 3.05) is 6.61 Å². The average Bonchev–Trinajstić information content (AvgIpc) is 2.21. The number of hydrogen-bond acceptors (Lipinski definition) is 4. The molecule has 0 bridgehead atoms. The monoisotopic (exact) mass is 216 g/mol. The summed E-state index contributed by atoms with van der Waals surface area (Å²) < 4.78 is 0. The van der Waals surface area contributed by atoms with Crippen molar-refractivity contribution in [3.63, 3.8) is 0 Å². The number of aliphatic hydroxyl groups excluding tert-OH is 1. The highest BCUT2D eigenvalue weighted by Crippen LogP contribution is 2.18. The van der Waals surface area contributed by atoms with Crippen molar-refractivity contribution in [2.24, 2.45) is 5.73 Å². The highest BCUT2D eigenvalue weighted by Gasteiger charge is 2.32. The van der Waals surface area contributed by atoms with Gasteiger partial charge in [-0.25, -0.2) is 0 Å². The number of carbonyl (C=O) groups is 1. The molecule has 0 fully saturated rings. The number of nitrogens with two attached hydrogens (primary N) is 1. The molecule has 0 rings (SSSR count). The molecule has 1 radical (unpaired) electrons. The Morgan fingerprint density at radius 1 is 1.27 bits per heavy atom. The van der Waals surface area contributed by atoms with Crippen LogP contribution in [0.3, 0.4) is 0 Å². The van der Waals surface area contributed by atoms with Crippen molar-refractivity contribution >= 4 is 13.5 Å². The minimum Gasteiger partial charge on any atom is -0.480 e. The first-order chi connectivity index (χ1) is 7.06. The van der Waals surface area contributed by atoms with Crippen LogP contribution in [0.4, 0.5) is 0 Å². The van der Waals surface area contributed by atoms with Gasteiger partial charge in [0, 0.05) is 6.61 Å². The second-order valence-corrected chi connectivity index (χ2v) is 3.72. The number of carboxylic acids is 1. The van der Waals surface area contributed by atoms with Gasteiger partial charge in [0.05, 0.1) is 0 Å². The first kappa shape index (κ1) is 14.4. The van der Waals surface area contributed by atoms with Gasteiger partial charge in [0.2, 0.25) is 0 Å². The number of aliphatic hydroxyl groups is 1. The molecule has 0 aliphatic rings. The second kappa shape index (κ2) is 7.67. The van der Waals surface area contributed by atoms with E-state index in [2.05, 4.69) is 0 Å². The lowest BCUT2D eigenvalue weighted by atomic mass is 9.85. The molecule has 0 aromatic heterocycles. The number of aliphatic carboxylic acids is 1. The summed E-state index contributed by atoms with van der Waals surface area (Å²) in [5.41, 5.74) is 4.49. The Morgan fingerprint density at radius 3 is 2.33 bits per heavy atom. The molecular weight excluding hydrogens is 197 g/mol. The summed E-state index contributed by atoms with van der Waals surface area (Å²) in [6.07, 6.45) is 2.98. The zero-order valence-electron chi connectivity index (χ0n) is 8.85. The molecule has 6 heteroatoms. The van der Waals surface area contributed by atoms with E-state index in [4.69, 9.17) is 21.0 Å². The fourth-order valence-electron chi connectivity index (χ4n) is 1.41. The van der Waals surface area contributed by atoms with Crippen LogP contribution < -0.4 is 5.73 Å². The van der Waals surface area contributed by atoms with Gasteiger partial charge in [0.15, 0.2) is 0 Å². The Kier molecular flexibility index (Phi) is 7.37. The third-order valence-electron chi connectivity index (χ3n) is 2.41. The zero-order valence-corrected chi connectivity index (χ0v) is 8.85. The van der Waals surface area contributed by atoms with Crippen LogP contribution in [0.2, 0.25) is 6.32 Å². The van der Waals surface area contributed by atoms with E-state index in [1.54, 1.807) is 0 Å². The van der Waals surface area contributed by atoms with Gasteiger partial charge in [-0.15, -0.1) is 0 Å². The third-order valence-corrected chi connectivity index (χ3v) is 2.41. The summed E-state index contributed by atoms with van der Waals surface area (Å²) >= 11 is 0. The second-order valence-electron chi connectivity index (χ2n) is 3.72. The van der Waals surface area contributed by atoms with Crippen LogP contribution in [0.5, 0.6) is 0 Å². The Labute approximate surface area is 90.6 Å². The molecule has 5 N–H and O–H groups in total. The van der Waals surface area contributed by atoms with Gasteiger partial charge in [-0.1, -0.05) is 19.2 Å². The van der Waals surface area contributed by atoms with Crippen LogP contribution in [-0.4, -0.2) is 40.8 Å². The van der Waals surface area contributed by atoms with Crippen LogP contribution in [0, 0.1) is 0 Å². The zero-order chi connectivity index (χ0) is 11.7. The minimum absolute atomic E-state index is 0.0450. The van der Waals surface area contributed by atoms with Gasteiger partial charge in [-0.2, -0.15) is 0 Å². The van der Waals surface area contributed by atoms with Crippen molar-refractivity contribution in [3.05, 3.63) is 0 Å². The summed E-state index contributed by atoms with van der Waals surface area (Å²) in [5.74, 6) is -1.02. The number of hydrogen-bond donors (Lipinski definition) is 4. The average molecular weight is 216 g/mol. The number of unbranched alkanes of at least 4 members (excludes halogenated alkanes) is 1. The van der Waals surface area contributed by atoms with Gasteiger partial charge >= 0.3 is 5.97 Å². The molecule has 0 aromatic carbocycles.